The fraction of sp³-hybridized carbons (Fsp3) is 0.684. The van der Waals surface area contributed by atoms with Crippen molar-refractivity contribution in [1.82, 2.24) is 0 Å². The van der Waals surface area contributed by atoms with E-state index in [1.807, 2.05) is 14.2 Å². The molecule has 6 heteroatoms. The van der Waals surface area contributed by atoms with Gasteiger partial charge in [-0.15, -0.1) is 0 Å². The van der Waals surface area contributed by atoms with E-state index in [0.717, 1.165) is 24.3 Å². The van der Waals surface area contributed by atoms with Gasteiger partial charge in [0.25, 0.3) is 0 Å². The molecule has 0 saturated heterocycles. The molecule has 232 valence electrons. The summed E-state index contributed by atoms with van der Waals surface area (Å²) in [4.78, 5) is 26.6. The molecule has 0 N–H and O–H groups in total. The average Bonchev–Trinajstić information content (AvgIpc) is 3.83. The number of ether oxygens (including phenoxy) is 4. The van der Waals surface area contributed by atoms with E-state index in [9.17, 15) is 9.59 Å². The van der Waals surface area contributed by atoms with Crippen molar-refractivity contribution in [3.05, 3.63) is 35.4 Å². The molecule has 44 heavy (non-hydrogen) atoms. The zero-order valence-electron chi connectivity index (χ0n) is 26.7. The van der Waals surface area contributed by atoms with Crippen LogP contribution in [0.2, 0.25) is 0 Å². The van der Waals surface area contributed by atoms with E-state index >= 15 is 0 Å². The molecular weight excluding hydrogens is 552 g/mol. The predicted molar refractivity (Wildman–Crippen MR) is 163 cm³/mol. The summed E-state index contributed by atoms with van der Waals surface area (Å²) in [5.74, 6) is 7.70. The lowest BCUT2D eigenvalue weighted by Crippen LogP contribution is -2.82. The zero-order valence-corrected chi connectivity index (χ0v) is 26.7. The second-order valence-electron chi connectivity index (χ2n) is 16.3. The highest BCUT2D eigenvalue weighted by Gasteiger charge is 2.91. The topological polar surface area (TPSA) is 71.1 Å². The van der Waals surface area contributed by atoms with Crippen LogP contribution in [-0.4, -0.2) is 40.4 Å². The largest absolute Gasteiger partial charge is 0.496 e. The van der Waals surface area contributed by atoms with Crippen LogP contribution in [0, 0.1) is 81.8 Å². The first-order valence-corrected chi connectivity index (χ1v) is 17.1. The minimum Gasteiger partial charge on any atom is -0.496 e. The highest BCUT2D eigenvalue weighted by Crippen LogP contribution is 2.96. The molecule has 0 aromatic heterocycles. The van der Waals surface area contributed by atoms with Gasteiger partial charge < -0.3 is 18.9 Å². The fourth-order valence-electron chi connectivity index (χ4n) is 15.9. The maximum Gasteiger partial charge on any atom is 0.309 e. The maximum atomic E-state index is 13.3. The second kappa shape index (κ2) is 8.14. The molecule has 0 radical (unpaired) electrons. The van der Waals surface area contributed by atoms with E-state index in [1.165, 1.54) is 49.0 Å². The van der Waals surface area contributed by atoms with E-state index in [0.29, 0.717) is 70.0 Å². The van der Waals surface area contributed by atoms with Crippen LogP contribution in [0.3, 0.4) is 0 Å². The number of rotatable bonds is 4. The predicted octanol–water partition coefficient (Wildman–Crippen LogP) is 6.45. The Morgan fingerprint density at radius 1 is 0.636 bits per heavy atom. The van der Waals surface area contributed by atoms with Gasteiger partial charge in [0, 0.05) is 21.9 Å². The van der Waals surface area contributed by atoms with E-state index in [2.05, 4.69) is 38.1 Å². The van der Waals surface area contributed by atoms with Crippen molar-refractivity contribution in [2.75, 3.05) is 28.4 Å². The third-order valence-corrected chi connectivity index (χ3v) is 16.4. The minimum absolute atomic E-state index is 0.195. The summed E-state index contributed by atoms with van der Waals surface area (Å²) >= 11 is 0. The Kier molecular flexibility index (Phi) is 4.90. The SMILES string of the molecule is COC(=O)[C@@H]1[C@H]2CC[C@@H]([C@H]1C(=O)OC)[C@@H]1[C@@H]3C[C@H]([C@H]21)[C@@H]1[C@H]3[C@@]2(C)[C@H]3[C@H]([C@H]4C[C@@H]3c3c4c(OC)c4ccccc4c3OC)[C@@]12C. The van der Waals surface area contributed by atoms with Gasteiger partial charge in [-0.1, -0.05) is 38.1 Å². The van der Waals surface area contributed by atoms with Gasteiger partial charge in [0.1, 0.15) is 11.5 Å². The molecule has 6 bridgehead atoms. The van der Waals surface area contributed by atoms with E-state index in [-0.39, 0.29) is 35.6 Å². The lowest BCUT2D eigenvalue weighted by molar-refractivity contribution is -0.378. The minimum atomic E-state index is -0.349. The van der Waals surface area contributed by atoms with Crippen LogP contribution < -0.4 is 9.47 Å². The first-order chi connectivity index (χ1) is 21.3. The highest BCUT2D eigenvalue weighted by atomic mass is 16.5. The number of hydrogen-bond donors (Lipinski definition) is 0. The Labute approximate surface area is 259 Å². The van der Waals surface area contributed by atoms with Crippen LogP contribution in [0.1, 0.15) is 62.5 Å². The van der Waals surface area contributed by atoms with Crippen LogP contribution in [0.4, 0.5) is 0 Å². The third-order valence-electron chi connectivity index (χ3n) is 16.4. The lowest BCUT2D eigenvalue weighted by atomic mass is 9.18. The van der Waals surface area contributed by atoms with Crippen LogP contribution in [0.25, 0.3) is 10.8 Å². The molecule has 0 amide bonds. The molecule has 0 heterocycles. The highest BCUT2D eigenvalue weighted by molar-refractivity contribution is 5.97. The van der Waals surface area contributed by atoms with Crippen LogP contribution in [0.15, 0.2) is 24.3 Å². The van der Waals surface area contributed by atoms with E-state index < -0.39 is 0 Å². The Hall–Kier alpha value is -2.76. The first kappa shape index (κ1) is 26.5. The van der Waals surface area contributed by atoms with Crippen LogP contribution in [0.5, 0.6) is 11.5 Å². The summed E-state index contributed by atoms with van der Waals surface area (Å²) in [5, 5.41) is 2.34. The molecule has 16 atom stereocenters. The lowest BCUT2D eigenvalue weighted by Gasteiger charge is -2.85. The molecule has 9 aliphatic carbocycles. The standard InChI is InChI=1S/C38H44O6/c1-37-29-19-13-20(24-18-12-11-17(23(19)24)27(35(39)43-5)28(18)36(40)44-6)30(29)38(37,2)32-22-14-21(31(32)37)25-26(22)34(42-4)16-10-8-7-9-15(16)33(25)41-3/h7-10,17-24,27-32H,11-14H2,1-6H3/t17-,18+,19+,20-,21-,22+,23-,24+,27-,28-,29+,30-,31-,32+,37+,38-/m1/s1. The van der Waals surface area contributed by atoms with Crippen LogP contribution in [-0.2, 0) is 19.1 Å². The summed E-state index contributed by atoms with van der Waals surface area (Å²) in [6.45, 7) is 5.32. The van der Waals surface area contributed by atoms with E-state index in [4.69, 9.17) is 18.9 Å². The molecule has 0 unspecified atom stereocenters. The molecule has 2 aromatic carbocycles. The summed E-state index contributed by atoms with van der Waals surface area (Å²) in [6, 6.07) is 8.61. The number of hydrogen-bond acceptors (Lipinski definition) is 6. The number of fused-ring (bicyclic) bond motifs is 21. The number of carbonyl (C=O) groups is 2. The molecule has 8 fully saturated rings. The van der Waals surface area contributed by atoms with E-state index in [1.54, 1.807) is 0 Å². The van der Waals surface area contributed by atoms with Gasteiger partial charge >= 0.3 is 11.9 Å². The van der Waals surface area contributed by atoms with Gasteiger partial charge in [-0.3, -0.25) is 9.59 Å². The molecule has 9 aliphatic rings. The second-order valence-corrected chi connectivity index (χ2v) is 16.3. The van der Waals surface area contributed by atoms with Crippen molar-refractivity contribution >= 4 is 22.7 Å². The Morgan fingerprint density at radius 3 is 1.45 bits per heavy atom. The summed E-state index contributed by atoms with van der Waals surface area (Å²) < 4.78 is 23.2. The monoisotopic (exact) mass is 596 g/mol. The molecule has 6 nitrogen and oxygen atoms in total. The van der Waals surface area contributed by atoms with Gasteiger partial charge in [0.15, 0.2) is 0 Å². The van der Waals surface area contributed by atoms with Crippen molar-refractivity contribution in [2.24, 2.45) is 81.8 Å². The maximum absolute atomic E-state index is 13.3. The van der Waals surface area contributed by atoms with Gasteiger partial charge in [-0.2, -0.15) is 0 Å². The number of methoxy groups -OCH3 is 4. The average molecular weight is 597 g/mol. The first-order valence-electron chi connectivity index (χ1n) is 17.1. The normalized spacial score (nSPS) is 50.5. The van der Waals surface area contributed by atoms with Gasteiger partial charge in [0.2, 0.25) is 0 Å². The Morgan fingerprint density at radius 2 is 1.07 bits per heavy atom. The van der Waals surface area contributed by atoms with Crippen molar-refractivity contribution in [1.29, 1.82) is 0 Å². The summed E-state index contributed by atoms with van der Waals surface area (Å²) in [6.07, 6.45) is 4.58. The van der Waals surface area contributed by atoms with Crippen molar-refractivity contribution in [2.45, 2.75) is 51.4 Å². The fourth-order valence-corrected chi connectivity index (χ4v) is 15.9. The molecule has 0 spiro atoms. The molecule has 0 aliphatic heterocycles. The molecular formula is C38H44O6. The molecule has 11 rings (SSSR count). The van der Waals surface area contributed by atoms with Gasteiger partial charge in [-0.25, -0.2) is 0 Å². The number of carbonyl (C=O) groups excluding carboxylic acids is 2. The number of esters is 2. The Balaban J connectivity index is 1.08. The number of benzene rings is 2. The van der Waals surface area contributed by atoms with Crippen LogP contribution >= 0.6 is 0 Å². The molecule has 8 saturated carbocycles. The quantitative estimate of drug-likeness (QED) is 0.299. The molecule has 2 aromatic rings. The van der Waals surface area contributed by atoms with Crippen molar-refractivity contribution < 1.29 is 28.5 Å². The Bertz CT molecular complexity index is 1550. The summed E-state index contributed by atoms with van der Waals surface area (Å²) in [7, 11) is 6.66. The smallest absolute Gasteiger partial charge is 0.309 e. The summed E-state index contributed by atoms with van der Waals surface area (Å²) in [5.41, 5.74) is 3.47. The van der Waals surface area contributed by atoms with Crippen molar-refractivity contribution in [3.63, 3.8) is 0 Å². The van der Waals surface area contributed by atoms with Crippen molar-refractivity contribution in [3.8, 4) is 11.5 Å². The van der Waals surface area contributed by atoms with Gasteiger partial charge in [-0.05, 0) is 108 Å². The zero-order chi connectivity index (χ0) is 30.2. The third kappa shape index (κ3) is 2.41. The van der Waals surface area contributed by atoms with Gasteiger partial charge in [0.05, 0.1) is 40.3 Å².